The largest absolute Gasteiger partial charge is 0.388 e. The molecule has 0 amide bonds. The highest BCUT2D eigenvalue weighted by molar-refractivity contribution is 8.17. The van der Waals surface area contributed by atoms with Gasteiger partial charge in [0.25, 0.3) is 0 Å². The molecular formula is C21H37F2N5S2. The molecule has 1 aliphatic heterocycles. The molecule has 1 heterocycles. The van der Waals surface area contributed by atoms with Crippen LogP contribution in [0.3, 0.4) is 0 Å². The van der Waals surface area contributed by atoms with Crippen LogP contribution in [0.25, 0.3) is 0 Å². The van der Waals surface area contributed by atoms with E-state index < -0.39 is 11.6 Å². The molecule has 5 N–H and O–H groups in total. The van der Waals surface area contributed by atoms with E-state index >= 15 is 0 Å². The van der Waals surface area contributed by atoms with E-state index in [9.17, 15) is 8.78 Å². The summed E-state index contributed by atoms with van der Waals surface area (Å²) in [6, 6.07) is 4.02. The minimum absolute atomic E-state index is 0.0201. The SMILES string of the molecule is C=C(CSC1NN(C)C(N)S1)NCC(CCC)CNCc1ccc(F)c(F)c1.CC. The summed E-state index contributed by atoms with van der Waals surface area (Å²) in [5, 5.41) is 8.69. The number of nitrogens with two attached hydrogens (primary N) is 1. The van der Waals surface area contributed by atoms with Gasteiger partial charge in [0, 0.05) is 31.6 Å². The maximum absolute atomic E-state index is 13.3. The standard InChI is InChI=1S/C19H31F2N5S2.C2H6/c1-4-5-15(10-23-9-14-6-7-16(20)17(21)8-14)11-24-13(2)12-27-19-25-26(3)18(22)28-19;1-2/h6-8,15,18-19,23-25H,2,4-5,9-12,22H2,1,3H3;1-2H3. The van der Waals surface area contributed by atoms with E-state index in [0.717, 1.165) is 42.9 Å². The number of benzene rings is 1. The fraction of sp³-hybridized carbons (Fsp3) is 0.619. The number of hydrazine groups is 1. The van der Waals surface area contributed by atoms with Gasteiger partial charge in [-0.3, -0.25) is 0 Å². The second-order valence-electron chi connectivity index (χ2n) is 6.93. The highest BCUT2D eigenvalue weighted by Gasteiger charge is 2.26. The number of rotatable bonds is 12. The number of hydrogen-bond acceptors (Lipinski definition) is 7. The summed E-state index contributed by atoms with van der Waals surface area (Å²) in [5.41, 5.74) is 11.0. The van der Waals surface area contributed by atoms with Gasteiger partial charge in [0.05, 0.1) is 0 Å². The Morgan fingerprint density at radius 2 is 2.07 bits per heavy atom. The van der Waals surface area contributed by atoms with Gasteiger partial charge in [0.2, 0.25) is 0 Å². The molecule has 0 aliphatic carbocycles. The van der Waals surface area contributed by atoms with Crippen molar-refractivity contribution in [2.75, 3.05) is 25.9 Å². The van der Waals surface area contributed by atoms with Gasteiger partial charge < -0.3 is 16.4 Å². The van der Waals surface area contributed by atoms with Crippen LogP contribution in [0.4, 0.5) is 8.78 Å². The molecule has 9 heteroatoms. The molecule has 172 valence electrons. The van der Waals surface area contributed by atoms with Crippen LogP contribution < -0.4 is 21.8 Å². The van der Waals surface area contributed by atoms with E-state index in [0.29, 0.717) is 12.5 Å². The molecule has 1 fully saturated rings. The number of thioether (sulfide) groups is 2. The zero-order valence-electron chi connectivity index (χ0n) is 18.5. The van der Waals surface area contributed by atoms with E-state index in [2.05, 4.69) is 29.6 Å². The van der Waals surface area contributed by atoms with Gasteiger partial charge in [-0.1, -0.05) is 51.6 Å². The van der Waals surface area contributed by atoms with Gasteiger partial charge >= 0.3 is 0 Å². The van der Waals surface area contributed by atoms with E-state index in [1.165, 1.54) is 12.1 Å². The molecule has 1 aliphatic rings. The first-order valence-electron chi connectivity index (χ1n) is 10.5. The third-order valence-electron chi connectivity index (χ3n) is 4.45. The fourth-order valence-corrected chi connectivity index (χ4v) is 5.11. The van der Waals surface area contributed by atoms with E-state index in [4.69, 9.17) is 5.73 Å². The van der Waals surface area contributed by atoms with Gasteiger partial charge in [0.1, 0.15) is 10.2 Å². The van der Waals surface area contributed by atoms with Gasteiger partial charge in [-0.05, 0) is 36.6 Å². The Balaban J connectivity index is 0.00000218. The average Bonchev–Trinajstić information content (AvgIpc) is 3.06. The predicted octanol–water partition coefficient (Wildman–Crippen LogP) is 4.04. The van der Waals surface area contributed by atoms with Crippen LogP contribution in [-0.2, 0) is 6.54 Å². The molecule has 30 heavy (non-hydrogen) atoms. The Morgan fingerprint density at radius 3 is 2.67 bits per heavy atom. The Kier molecular flexibility index (Phi) is 13.6. The Morgan fingerprint density at radius 1 is 1.33 bits per heavy atom. The molecule has 0 aromatic heterocycles. The number of nitrogens with one attached hydrogen (secondary N) is 3. The lowest BCUT2D eigenvalue weighted by Gasteiger charge is -2.20. The Hall–Kier alpha value is -0.840. The lowest BCUT2D eigenvalue weighted by atomic mass is 10.0. The van der Waals surface area contributed by atoms with E-state index in [1.807, 2.05) is 25.9 Å². The van der Waals surface area contributed by atoms with Crippen molar-refractivity contribution in [1.82, 2.24) is 21.1 Å². The van der Waals surface area contributed by atoms with Crippen molar-refractivity contribution >= 4 is 23.5 Å². The molecule has 0 radical (unpaired) electrons. The minimum Gasteiger partial charge on any atom is -0.388 e. The quantitative estimate of drug-likeness (QED) is 0.375. The van der Waals surface area contributed by atoms with Crippen LogP contribution in [0.5, 0.6) is 0 Å². The van der Waals surface area contributed by atoms with E-state index in [1.54, 1.807) is 29.6 Å². The summed E-state index contributed by atoms with van der Waals surface area (Å²) in [5.74, 6) is -0.364. The molecule has 2 rings (SSSR count). The monoisotopic (exact) mass is 461 g/mol. The number of hydrogen-bond donors (Lipinski definition) is 4. The van der Waals surface area contributed by atoms with Crippen molar-refractivity contribution in [2.24, 2.45) is 11.7 Å². The molecule has 1 saturated heterocycles. The highest BCUT2D eigenvalue weighted by Crippen LogP contribution is 2.30. The third kappa shape index (κ3) is 9.98. The zero-order chi connectivity index (χ0) is 22.5. The molecule has 3 atom stereocenters. The summed E-state index contributed by atoms with van der Waals surface area (Å²) >= 11 is 3.45. The van der Waals surface area contributed by atoms with Crippen LogP contribution in [0.15, 0.2) is 30.5 Å². The van der Waals surface area contributed by atoms with Crippen molar-refractivity contribution in [3.8, 4) is 0 Å². The van der Waals surface area contributed by atoms with Gasteiger partial charge in [-0.2, -0.15) is 0 Å². The summed E-state index contributed by atoms with van der Waals surface area (Å²) in [7, 11) is 1.94. The average molecular weight is 462 g/mol. The minimum atomic E-state index is -0.812. The van der Waals surface area contributed by atoms with Crippen LogP contribution in [-0.4, -0.2) is 41.1 Å². The summed E-state index contributed by atoms with van der Waals surface area (Å²) in [4.78, 5) is 0. The van der Waals surface area contributed by atoms with E-state index in [-0.39, 0.29) is 10.2 Å². The third-order valence-corrected chi connectivity index (χ3v) is 7.06. The van der Waals surface area contributed by atoms with Crippen molar-refractivity contribution in [3.05, 3.63) is 47.7 Å². The lowest BCUT2D eigenvalue weighted by Crippen LogP contribution is -2.39. The van der Waals surface area contributed by atoms with Gasteiger partial charge in [-0.15, -0.1) is 11.8 Å². The predicted molar refractivity (Wildman–Crippen MR) is 128 cm³/mol. The van der Waals surface area contributed by atoms with Crippen LogP contribution >= 0.6 is 23.5 Å². The Bertz CT molecular complexity index is 625. The second kappa shape index (κ2) is 15.0. The molecule has 3 unspecified atom stereocenters. The summed E-state index contributed by atoms with van der Waals surface area (Å²) in [6.07, 6.45) is 2.17. The van der Waals surface area contributed by atoms with Gasteiger partial charge in [-0.25, -0.2) is 19.2 Å². The van der Waals surface area contributed by atoms with Crippen molar-refractivity contribution in [1.29, 1.82) is 0 Å². The smallest absolute Gasteiger partial charge is 0.159 e. The number of nitrogens with zero attached hydrogens (tertiary/aromatic N) is 1. The molecule has 0 bridgehead atoms. The maximum Gasteiger partial charge on any atom is 0.159 e. The second-order valence-corrected chi connectivity index (χ2v) is 9.55. The lowest BCUT2D eigenvalue weighted by molar-refractivity contribution is 0.255. The van der Waals surface area contributed by atoms with Crippen LogP contribution in [0.1, 0.15) is 39.2 Å². The molecule has 5 nitrogen and oxygen atoms in total. The normalized spacial score (nSPS) is 19.8. The maximum atomic E-state index is 13.3. The van der Waals surface area contributed by atoms with Crippen LogP contribution in [0, 0.1) is 17.6 Å². The fourth-order valence-electron chi connectivity index (χ4n) is 2.84. The topological polar surface area (TPSA) is 65.3 Å². The molecule has 0 saturated carbocycles. The molecule has 1 aromatic rings. The highest BCUT2D eigenvalue weighted by atomic mass is 32.2. The number of halogens is 2. The summed E-state index contributed by atoms with van der Waals surface area (Å²) < 4.78 is 26.5. The van der Waals surface area contributed by atoms with Crippen LogP contribution in [0.2, 0.25) is 0 Å². The van der Waals surface area contributed by atoms with Gasteiger partial charge in [0.15, 0.2) is 11.6 Å². The first-order valence-corrected chi connectivity index (χ1v) is 12.5. The molecule has 0 spiro atoms. The first kappa shape index (κ1) is 27.2. The first-order chi connectivity index (χ1) is 14.4. The van der Waals surface area contributed by atoms with Crippen molar-refractivity contribution < 1.29 is 8.78 Å². The molecular weight excluding hydrogens is 424 g/mol. The van der Waals surface area contributed by atoms with Crippen molar-refractivity contribution in [2.45, 2.75) is 50.4 Å². The van der Waals surface area contributed by atoms with Crippen molar-refractivity contribution in [3.63, 3.8) is 0 Å². The Labute approximate surface area is 189 Å². The zero-order valence-corrected chi connectivity index (χ0v) is 20.1. The summed E-state index contributed by atoms with van der Waals surface area (Å²) in [6.45, 7) is 12.4. The molecule has 1 aromatic carbocycles.